The Labute approximate surface area is 167 Å². The van der Waals surface area contributed by atoms with Crippen LogP contribution in [0.2, 0.25) is 0 Å². The molecule has 162 valence electrons. The molecule has 2 amide bonds. The number of carboxylic acids is 1. The number of hydrogen-bond donors (Lipinski definition) is 3. The molecule has 28 heavy (non-hydrogen) atoms. The van der Waals surface area contributed by atoms with E-state index < -0.39 is 29.4 Å². The second-order valence-corrected chi connectivity index (χ2v) is 9.51. The molecule has 0 saturated heterocycles. The zero-order chi connectivity index (χ0) is 21.5. The molecule has 0 aromatic heterocycles. The van der Waals surface area contributed by atoms with Gasteiger partial charge in [0.15, 0.2) is 0 Å². The summed E-state index contributed by atoms with van der Waals surface area (Å²) >= 11 is 0. The van der Waals surface area contributed by atoms with E-state index in [1.807, 2.05) is 0 Å². The minimum atomic E-state index is -0.779. The molecule has 1 saturated carbocycles. The van der Waals surface area contributed by atoms with Gasteiger partial charge in [-0.2, -0.15) is 0 Å². The van der Waals surface area contributed by atoms with Gasteiger partial charge in [-0.3, -0.25) is 4.79 Å². The molecular formula is C20H36N2O6. The summed E-state index contributed by atoms with van der Waals surface area (Å²) in [5, 5.41) is 14.6. The van der Waals surface area contributed by atoms with E-state index in [0.29, 0.717) is 0 Å². The number of aliphatic carboxylic acids is 1. The Morgan fingerprint density at radius 1 is 0.929 bits per heavy atom. The van der Waals surface area contributed by atoms with Crippen LogP contribution in [0, 0.1) is 11.8 Å². The highest BCUT2D eigenvalue weighted by atomic mass is 16.6. The second kappa shape index (κ2) is 9.98. The van der Waals surface area contributed by atoms with Crippen LogP contribution in [-0.2, 0) is 14.3 Å². The number of amides is 2. The van der Waals surface area contributed by atoms with Crippen LogP contribution in [0.25, 0.3) is 0 Å². The van der Waals surface area contributed by atoms with Crippen LogP contribution in [0.15, 0.2) is 0 Å². The SMILES string of the molecule is CC(C)(C)OC(=O)NCC(NC(=O)OC(C)(C)C)[C@H]1CC[C@H](CC(=O)O)CC1. The number of hydrogen-bond acceptors (Lipinski definition) is 5. The van der Waals surface area contributed by atoms with Crippen LogP contribution < -0.4 is 10.6 Å². The first-order chi connectivity index (χ1) is 12.7. The average Bonchev–Trinajstić information content (AvgIpc) is 2.48. The molecule has 3 N–H and O–H groups in total. The number of carboxylic acid groups (broad SMARTS) is 1. The van der Waals surface area contributed by atoms with E-state index in [1.54, 1.807) is 41.5 Å². The van der Waals surface area contributed by atoms with Crippen molar-refractivity contribution in [2.45, 2.75) is 90.9 Å². The van der Waals surface area contributed by atoms with Crippen LogP contribution in [0.1, 0.15) is 73.6 Å². The van der Waals surface area contributed by atoms with Gasteiger partial charge in [0, 0.05) is 13.0 Å². The van der Waals surface area contributed by atoms with Crippen molar-refractivity contribution in [3.63, 3.8) is 0 Å². The van der Waals surface area contributed by atoms with E-state index in [-0.39, 0.29) is 30.8 Å². The van der Waals surface area contributed by atoms with Crippen molar-refractivity contribution < 1.29 is 29.0 Å². The molecule has 1 atom stereocenters. The average molecular weight is 401 g/mol. The van der Waals surface area contributed by atoms with E-state index in [4.69, 9.17) is 14.6 Å². The predicted octanol–water partition coefficient (Wildman–Crippen LogP) is 3.69. The number of carbonyl (C=O) groups is 3. The lowest BCUT2D eigenvalue weighted by Gasteiger charge is -2.34. The number of nitrogens with one attached hydrogen (secondary N) is 2. The Bertz CT molecular complexity index is 542. The topological polar surface area (TPSA) is 114 Å². The lowest BCUT2D eigenvalue weighted by molar-refractivity contribution is -0.138. The predicted molar refractivity (Wildman–Crippen MR) is 105 cm³/mol. The second-order valence-electron chi connectivity index (χ2n) is 9.51. The minimum Gasteiger partial charge on any atom is -0.481 e. The fraction of sp³-hybridized carbons (Fsp3) is 0.850. The molecule has 0 aliphatic heterocycles. The van der Waals surface area contributed by atoms with Crippen LogP contribution in [-0.4, -0.2) is 47.1 Å². The quantitative estimate of drug-likeness (QED) is 0.626. The first kappa shape index (κ1) is 24.0. The summed E-state index contributed by atoms with van der Waals surface area (Å²) in [6, 6.07) is -0.312. The zero-order valence-corrected chi connectivity index (χ0v) is 18.0. The smallest absolute Gasteiger partial charge is 0.407 e. The van der Waals surface area contributed by atoms with Gasteiger partial charge in [0.1, 0.15) is 11.2 Å². The number of rotatable bonds is 6. The largest absolute Gasteiger partial charge is 0.481 e. The Hall–Kier alpha value is -1.99. The fourth-order valence-electron chi connectivity index (χ4n) is 3.34. The molecular weight excluding hydrogens is 364 g/mol. The van der Waals surface area contributed by atoms with Gasteiger partial charge >= 0.3 is 18.2 Å². The molecule has 0 radical (unpaired) electrons. The number of ether oxygens (including phenoxy) is 2. The molecule has 8 nitrogen and oxygen atoms in total. The highest BCUT2D eigenvalue weighted by Gasteiger charge is 2.31. The highest BCUT2D eigenvalue weighted by Crippen LogP contribution is 2.32. The van der Waals surface area contributed by atoms with Crippen LogP contribution in [0.3, 0.4) is 0 Å². The first-order valence-electron chi connectivity index (χ1n) is 9.93. The van der Waals surface area contributed by atoms with Gasteiger partial charge < -0.3 is 25.2 Å². The van der Waals surface area contributed by atoms with Gasteiger partial charge in [-0.25, -0.2) is 9.59 Å². The lowest BCUT2D eigenvalue weighted by Crippen LogP contribution is -2.50. The Morgan fingerprint density at radius 2 is 1.43 bits per heavy atom. The summed E-state index contributed by atoms with van der Waals surface area (Å²) in [6.07, 6.45) is 2.25. The van der Waals surface area contributed by atoms with Crippen molar-refractivity contribution in [1.82, 2.24) is 10.6 Å². The maximum Gasteiger partial charge on any atom is 0.407 e. The zero-order valence-electron chi connectivity index (χ0n) is 18.0. The van der Waals surface area contributed by atoms with Crippen LogP contribution in [0.5, 0.6) is 0 Å². The van der Waals surface area contributed by atoms with E-state index >= 15 is 0 Å². The van der Waals surface area contributed by atoms with Gasteiger partial charge in [-0.05, 0) is 79.1 Å². The van der Waals surface area contributed by atoms with Crippen molar-refractivity contribution >= 4 is 18.2 Å². The van der Waals surface area contributed by atoms with Gasteiger partial charge in [-0.1, -0.05) is 0 Å². The molecule has 0 bridgehead atoms. The summed E-state index contributed by atoms with van der Waals surface area (Å²) in [7, 11) is 0. The highest BCUT2D eigenvalue weighted by molar-refractivity contribution is 5.69. The van der Waals surface area contributed by atoms with Gasteiger partial charge in [0.25, 0.3) is 0 Å². The molecule has 1 aliphatic rings. The summed E-state index contributed by atoms with van der Waals surface area (Å²) in [6.45, 7) is 10.9. The molecule has 1 rings (SSSR count). The molecule has 8 heteroatoms. The monoisotopic (exact) mass is 400 g/mol. The van der Waals surface area contributed by atoms with E-state index in [0.717, 1.165) is 25.7 Å². The van der Waals surface area contributed by atoms with E-state index in [2.05, 4.69) is 10.6 Å². The van der Waals surface area contributed by atoms with Crippen molar-refractivity contribution in [3.8, 4) is 0 Å². The number of carbonyl (C=O) groups excluding carboxylic acids is 2. The van der Waals surface area contributed by atoms with Crippen LogP contribution in [0.4, 0.5) is 9.59 Å². The number of alkyl carbamates (subject to hydrolysis) is 2. The maximum absolute atomic E-state index is 12.2. The van der Waals surface area contributed by atoms with Crippen LogP contribution >= 0.6 is 0 Å². The Balaban J connectivity index is 2.69. The van der Waals surface area contributed by atoms with Gasteiger partial charge in [-0.15, -0.1) is 0 Å². The molecule has 1 fully saturated rings. The van der Waals surface area contributed by atoms with E-state index in [1.165, 1.54) is 0 Å². The van der Waals surface area contributed by atoms with Crippen molar-refractivity contribution in [2.75, 3.05) is 6.54 Å². The molecule has 1 unspecified atom stereocenters. The third kappa shape index (κ3) is 10.4. The molecule has 1 aliphatic carbocycles. The van der Waals surface area contributed by atoms with Crippen molar-refractivity contribution in [3.05, 3.63) is 0 Å². The van der Waals surface area contributed by atoms with E-state index in [9.17, 15) is 14.4 Å². The Morgan fingerprint density at radius 3 is 1.89 bits per heavy atom. The maximum atomic E-state index is 12.2. The summed E-state index contributed by atoms with van der Waals surface area (Å²) in [4.78, 5) is 35.1. The molecule has 0 aromatic rings. The third-order valence-corrected chi connectivity index (χ3v) is 4.49. The fourth-order valence-corrected chi connectivity index (χ4v) is 3.34. The Kier molecular flexibility index (Phi) is 8.57. The van der Waals surface area contributed by atoms with Crippen molar-refractivity contribution in [1.29, 1.82) is 0 Å². The van der Waals surface area contributed by atoms with Crippen molar-refractivity contribution in [2.24, 2.45) is 11.8 Å². The normalized spacial score (nSPS) is 21.4. The summed E-state index contributed by atoms with van der Waals surface area (Å²) in [5.74, 6) is -0.485. The molecule has 0 spiro atoms. The summed E-state index contributed by atoms with van der Waals surface area (Å²) < 4.78 is 10.6. The first-order valence-corrected chi connectivity index (χ1v) is 9.93. The summed E-state index contributed by atoms with van der Waals surface area (Å²) in [5.41, 5.74) is -1.22. The minimum absolute atomic E-state index is 0.132. The third-order valence-electron chi connectivity index (χ3n) is 4.49. The van der Waals surface area contributed by atoms with Gasteiger partial charge in [0.05, 0.1) is 6.04 Å². The van der Waals surface area contributed by atoms with Gasteiger partial charge in [0.2, 0.25) is 0 Å². The lowest BCUT2D eigenvalue weighted by atomic mass is 9.77. The molecule has 0 heterocycles. The standard InChI is InChI=1S/C20H36N2O6/c1-19(2,3)27-17(25)21-12-15(22-18(26)28-20(4,5)6)14-9-7-13(8-10-14)11-16(23)24/h13-15H,7-12H2,1-6H3,(H,21,25)(H,22,26)(H,23,24)/t13-,14-,15?. The molecule has 0 aromatic carbocycles.